The van der Waals surface area contributed by atoms with Gasteiger partial charge in [-0.05, 0) is 41.5 Å². The van der Waals surface area contributed by atoms with Crippen molar-refractivity contribution in [2.24, 2.45) is 0 Å². The zero-order valence-electron chi connectivity index (χ0n) is 27.2. The molecule has 0 saturated heterocycles. The minimum absolute atomic E-state index is 0.684. The molecule has 0 spiro atoms. The molecule has 0 aliphatic carbocycles. The van der Waals surface area contributed by atoms with E-state index in [1.54, 1.807) is 11.3 Å². The van der Waals surface area contributed by atoms with Gasteiger partial charge in [-0.3, -0.25) is 4.57 Å². The molecule has 51 heavy (non-hydrogen) atoms. The Morgan fingerprint density at radius 3 is 1.92 bits per heavy atom. The quantitative estimate of drug-likeness (QED) is 0.184. The van der Waals surface area contributed by atoms with Gasteiger partial charge in [-0.2, -0.15) is 0 Å². The molecule has 0 fully saturated rings. The van der Waals surface area contributed by atoms with Crippen molar-refractivity contribution in [2.75, 3.05) is 0 Å². The molecule has 0 unspecified atom stereocenters. The van der Waals surface area contributed by atoms with Crippen molar-refractivity contribution in [3.05, 3.63) is 158 Å². The van der Waals surface area contributed by atoms with E-state index in [2.05, 4.69) is 167 Å². The highest BCUT2D eigenvalue weighted by atomic mass is 32.1. The molecule has 1 aliphatic rings. The molecular formula is C46H26N4S. The summed E-state index contributed by atoms with van der Waals surface area (Å²) in [5.74, 6) is 0.684. The number of para-hydroxylation sites is 3. The number of benzene rings is 7. The fraction of sp³-hybridized carbons (Fsp3) is 0. The predicted molar refractivity (Wildman–Crippen MR) is 213 cm³/mol. The van der Waals surface area contributed by atoms with Crippen LogP contribution in [0.3, 0.4) is 0 Å². The van der Waals surface area contributed by atoms with Gasteiger partial charge in [-0.25, -0.2) is 9.97 Å². The summed E-state index contributed by atoms with van der Waals surface area (Å²) in [4.78, 5) is 11.8. The van der Waals surface area contributed by atoms with Crippen LogP contribution < -0.4 is 0 Å². The van der Waals surface area contributed by atoms with Crippen LogP contribution in [0.2, 0.25) is 0 Å². The maximum absolute atomic E-state index is 5.44. The molecule has 1 aliphatic heterocycles. The van der Waals surface area contributed by atoms with E-state index in [0.717, 1.165) is 32.5 Å². The molecule has 0 saturated carbocycles. The summed E-state index contributed by atoms with van der Waals surface area (Å²) in [5.41, 5.74) is 12.9. The molecular weight excluding hydrogens is 641 g/mol. The van der Waals surface area contributed by atoms with Gasteiger partial charge >= 0.3 is 0 Å². The van der Waals surface area contributed by atoms with Gasteiger partial charge in [0, 0.05) is 53.7 Å². The largest absolute Gasteiger partial charge is 0.308 e. The molecule has 0 N–H and O–H groups in total. The summed E-state index contributed by atoms with van der Waals surface area (Å²) in [7, 11) is 0. The lowest BCUT2D eigenvalue weighted by Crippen LogP contribution is -2.02. The van der Waals surface area contributed by atoms with Gasteiger partial charge < -0.3 is 4.57 Å². The zero-order valence-corrected chi connectivity index (χ0v) is 28.0. The van der Waals surface area contributed by atoms with E-state index < -0.39 is 0 Å². The Hall–Kier alpha value is -6.56. The number of fused-ring (bicyclic) bond motifs is 14. The Labute approximate surface area is 296 Å². The second-order valence-corrected chi connectivity index (χ2v) is 14.4. The second-order valence-electron chi connectivity index (χ2n) is 13.4. The molecule has 7 aromatic carbocycles. The van der Waals surface area contributed by atoms with Crippen LogP contribution in [-0.2, 0) is 0 Å². The minimum atomic E-state index is 0.684. The summed E-state index contributed by atoms with van der Waals surface area (Å²) in [6.45, 7) is 0. The topological polar surface area (TPSA) is 35.6 Å². The molecule has 236 valence electrons. The van der Waals surface area contributed by atoms with E-state index in [-0.39, 0.29) is 0 Å². The first kappa shape index (κ1) is 27.3. The highest BCUT2D eigenvalue weighted by Gasteiger charge is 2.26. The highest BCUT2D eigenvalue weighted by molar-refractivity contribution is 7.25. The molecule has 11 aromatic rings. The first-order chi connectivity index (χ1) is 25.3. The van der Waals surface area contributed by atoms with Crippen LogP contribution in [-0.4, -0.2) is 19.1 Å². The van der Waals surface area contributed by atoms with E-state index in [1.165, 1.54) is 70.6 Å². The van der Waals surface area contributed by atoms with Gasteiger partial charge in [0.1, 0.15) is 4.83 Å². The third kappa shape index (κ3) is 3.63. The Morgan fingerprint density at radius 1 is 0.431 bits per heavy atom. The van der Waals surface area contributed by atoms with Crippen molar-refractivity contribution in [2.45, 2.75) is 0 Å². The summed E-state index contributed by atoms with van der Waals surface area (Å²) >= 11 is 1.73. The van der Waals surface area contributed by atoms with Crippen molar-refractivity contribution in [1.29, 1.82) is 0 Å². The van der Waals surface area contributed by atoms with E-state index in [1.807, 2.05) is 0 Å². The Morgan fingerprint density at radius 2 is 1.06 bits per heavy atom. The average molecular weight is 667 g/mol. The van der Waals surface area contributed by atoms with E-state index in [9.17, 15) is 0 Å². The van der Waals surface area contributed by atoms with Gasteiger partial charge in [0.2, 0.25) is 5.95 Å². The standard InChI is InChI=1S/C46H26N4S/c1-2-13-27(14-3-1)43-42-34-19-8-11-24-41(34)51-45(42)48-46(47-43)50-38-23-10-7-18-31(38)35-25-39-36(26-40(35)50)33-21-12-20-32-29-16-5-4-15-28(29)30-17-6-9-22-37(30)49(39)44(32)33/h1-26H. The molecule has 4 aromatic heterocycles. The van der Waals surface area contributed by atoms with E-state index in [4.69, 9.17) is 9.97 Å². The zero-order chi connectivity index (χ0) is 33.2. The normalized spacial score (nSPS) is 12.3. The number of aromatic nitrogens is 4. The van der Waals surface area contributed by atoms with Crippen LogP contribution in [0.5, 0.6) is 0 Å². The predicted octanol–water partition coefficient (Wildman–Crippen LogP) is 12.4. The number of nitrogens with zero attached hydrogens (tertiary/aromatic N) is 4. The Balaban J connectivity index is 1.23. The Bertz CT molecular complexity index is 3250. The molecule has 4 nitrogen and oxygen atoms in total. The number of hydrogen-bond donors (Lipinski definition) is 0. The number of rotatable bonds is 2. The molecule has 0 amide bonds. The van der Waals surface area contributed by atoms with E-state index >= 15 is 0 Å². The minimum Gasteiger partial charge on any atom is -0.308 e. The lowest BCUT2D eigenvalue weighted by Gasteiger charge is -2.12. The van der Waals surface area contributed by atoms with Crippen LogP contribution in [0, 0.1) is 0 Å². The fourth-order valence-corrected chi connectivity index (χ4v) is 9.65. The van der Waals surface area contributed by atoms with Crippen molar-refractivity contribution >= 4 is 75.3 Å². The van der Waals surface area contributed by atoms with Gasteiger partial charge in [0.15, 0.2) is 0 Å². The number of hydrogen-bond acceptors (Lipinski definition) is 3. The Kier molecular flexibility index (Phi) is 5.35. The summed E-state index contributed by atoms with van der Waals surface area (Å²) < 4.78 is 5.99. The molecule has 5 heteroatoms. The third-order valence-electron chi connectivity index (χ3n) is 10.7. The lowest BCUT2D eigenvalue weighted by molar-refractivity contribution is 1.02. The smallest absolute Gasteiger partial charge is 0.236 e. The van der Waals surface area contributed by atoms with Crippen LogP contribution in [0.1, 0.15) is 0 Å². The van der Waals surface area contributed by atoms with Crippen LogP contribution in [0.15, 0.2) is 158 Å². The fourth-order valence-electron chi connectivity index (χ4n) is 8.58. The number of thiophene rings is 1. The maximum atomic E-state index is 5.44. The SMILES string of the molecule is c1ccc(-c2nc(-n3c4ccccc4c4cc5c(cc43)c3cccc4c3n5-c3ccccc3-c3ccccc3-4)nc3sc4ccccc4c23)cc1. The van der Waals surface area contributed by atoms with Gasteiger partial charge in [-0.15, -0.1) is 11.3 Å². The van der Waals surface area contributed by atoms with Gasteiger partial charge in [-0.1, -0.05) is 127 Å². The first-order valence-corrected chi connectivity index (χ1v) is 18.1. The van der Waals surface area contributed by atoms with E-state index in [0.29, 0.717) is 5.95 Å². The summed E-state index contributed by atoms with van der Waals surface area (Å²) in [6, 6.07) is 57.0. The average Bonchev–Trinajstić information content (AvgIpc) is 3.81. The van der Waals surface area contributed by atoms with Crippen molar-refractivity contribution in [3.63, 3.8) is 0 Å². The van der Waals surface area contributed by atoms with Crippen molar-refractivity contribution in [1.82, 2.24) is 19.1 Å². The summed E-state index contributed by atoms with van der Waals surface area (Å²) in [5, 5.41) is 7.11. The van der Waals surface area contributed by atoms with Crippen LogP contribution in [0.25, 0.3) is 109 Å². The lowest BCUT2D eigenvalue weighted by atomic mass is 9.94. The molecule has 0 atom stereocenters. The maximum Gasteiger partial charge on any atom is 0.236 e. The molecule has 0 bridgehead atoms. The third-order valence-corrected chi connectivity index (χ3v) is 11.8. The van der Waals surface area contributed by atoms with Crippen molar-refractivity contribution in [3.8, 4) is 45.1 Å². The first-order valence-electron chi connectivity index (χ1n) is 17.3. The second kappa shape index (κ2) is 10.0. The molecule has 0 radical (unpaired) electrons. The molecule has 5 heterocycles. The van der Waals surface area contributed by atoms with Gasteiger partial charge in [0.25, 0.3) is 0 Å². The van der Waals surface area contributed by atoms with Crippen LogP contribution in [0.4, 0.5) is 0 Å². The highest BCUT2D eigenvalue weighted by Crippen LogP contribution is 2.48. The van der Waals surface area contributed by atoms with Gasteiger partial charge in [0.05, 0.1) is 33.4 Å². The van der Waals surface area contributed by atoms with Crippen LogP contribution >= 0.6 is 11.3 Å². The van der Waals surface area contributed by atoms with Crippen molar-refractivity contribution < 1.29 is 0 Å². The summed E-state index contributed by atoms with van der Waals surface area (Å²) in [6.07, 6.45) is 0. The molecule has 12 rings (SSSR count). The monoisotopic (exact) mass is 666 g/mol.